The molecule has 0 amide bonds. The first kappa shape index (κ1) is 19.4. The molecule has 3 N–H and O–H groups in total. The van der Waals surface area contributed by atoms with Crippen LogP contribution in [0.4, 0.5) is 15.9 Å². The Bertz CT molecular complexity index is 1310. The van der Waals surface area contributed by atoms with E-state index < -0.39 is 17.7 Å². The number of hydrogen-bond donors (Lipinski definition) is 3. The average Bonchev–Trinajstić information content (AvgIpc) is 3.39. The van der Waals surface area contributed by atoms with Crippen molar-refractivity contribution in [3.8, 4) is 11.1 Å². The van der Waals surface area contributed by atoms with E-state index in [9.17, 15) is 14.6 Å². The number of hydrogen-bond acceptors (Lipinski definition) is 5. The molecule has 0 radical (unpaired) electrons. The lowest BCUT2D eigenvalue weighted by molar-refractivity contribution is -0.0138. The molecule has 6 nitrogen and oxygen atoms in total. The van der Waals surface area contributed by atoms with E-state index in [1.54, 1.807) is 12.1 Å². The number of para-hydroxylation sites is 1. The second-order valence-corrected chi connectivity index (χ2v) is 8.93. The molecule has 0 spiro atoms. The molecule has 2 aliphatic carbocycles. The number of halogens is 1. The van der Waals surface area contributed by atoms with Gasteiger partial charge in [-0.25, -0.2) is 14.4 Å². The molecule has 32 heavy (non-hydrogen) atoms. The fourth-order valence-electron chi connectivity index (χ4n) is 5.50. The summed E-state index contributed by atoms with van der Waals surface area (Å²) in [6.07, 6.45) is 2.61. The first-order chi connectivity index (χ1) is 15.5. The van der Waals surface area contributed by atoms with Gasteiger partial charge in [0, 0.05) is 17.4 Å². The summed E-state index contributed by atoms with van der Waals surface area (Å²) in [6, 6.07) is 16.1. The molecule has 0 bridgehead atoms. The van der Waals surface area contributed by atoms with Crippen LogP contribution in [0.3, 0.4) is 0 Å². The Morgan fingerprint density at radius 3 is 2.50 bits per heavy atom. The molecule has 5 atom stereocenters. The summed E-state index contributed by atoms with van der Waals surface area (Å²) in [5, 5.41) is 25.7. The van der Waals surface area contributed by atoms with Crippen molar-refractivity contribution in [3.63, 3.8) is 0 Å². The Morgan fingerprint density at radius 2 is 1.81 bits per heavy atom. The van der Waals surface area contributed by atoms with Gasteiger partial charge in [0.1, 0.15) is 29.7 Å². The molecule has 4 aromatic rings. The SMILES string of the molecule is C[C@H]1C2C[C@]2(n2cc(-c3ccc(F)cc3)c3c(Nc4ccccc4)ncnc32)[C@@H](O)[C@H]1O. The fraction of sp³-hybridized carbons (Fsp3) is 0.280. The lowest BCUT2D eigenvalue weighted by Crippen LogP contribution is -2.37. The average molecular weight is 430 g/mol. The number of nitrogens with one attached hydrogen (secondary N) is 1. The molecule has 2 aliphatic rings. The number of aromatic nitrogens is 3. The smallest absolute Gasteiger partial charge is 0.146 e. The van der Waals surface area contributed by atoms with E-state index >= 15 is 0 Å². The maximum atomic E-state index is 13.6. The predicted octanol–water partition coefficient (Wildman–Crippen LogP) is 4.07. The second-order valence-electron chi connectivity index (χ2n) is 8.93. The van der Waals surface area contributed by atoms with E-state index in [2.05, 4.69) is 15.3 Å². The Hall–Kier alpha value is -3.29. The number of nitrogens with zero attached hydrogens (tertiary/aromatic N) is 3. The van der Waals surface area contributed by atoms with Crippen molar-refractivity contribution in [2.24, 2.45) is 11.8 Å². The second kappa shape index (κ2) is 6.85. The Balaban J connectivity index is 1.58. The zero-order valence-corrected chi connectivity index (χ0v) is 17.5. The topological polar surface area (TPSA) is 83.2 Å². The predicted molar refractivity (Wildman–Crippen MR) is 120 cm³/mol. The maximum Gasteiger partial charge on any atom is 0.146 e. The Morgan fingerprint density at radius 1 is 1.06 bits per heavy atom. The third-order valence-corrected chi connectivity index (χ3v) is 7.26. The van der Waals surface area contributed by atoms with E-state index in [-0.39, 0.29) is 17.7 Å². The molecular weight excluding hydrogens is 407 g/mol. The Kier molecular flexibility index (Phi) is 4.15. The highest BCUT2D eigenvalue weighted by Gasteiger charge is 2.71. The summed E-state index contributed by atoms with van der Waals surface area (Å²) >= 11 is 0. The van der Waals surface area contributed by atoms with Crippen molar-refractivity contribution in [3.05, 3.63) is 72.9 Å². The van der Waals surface area contributed by atoms with Crippen molar-refractivity contribution >= 4 is 22.5 Å². The van der Waals surface area contributed by atoms with Crippen molar-refractivity contribution in [1.82, 2.24) is 14.5 Å². The van der Waals surface area contributed by atoms with Crippen LogP contribution in [-0.4, -0.2) is 37.0 Å². The number of rotatable bonds is 4. The van der Waals surface area contributed by atoms with Crippen LogP contribution in [0.15, 0.2) is 67.1 Å². The highest BCUT2D eigenvalue weighted by molar-refractivity contribution is 6.02. The van der Waals surface area contributed by atoms with Gasteiger partial charge in [0.05, 0.1) is 17.0 Å². The van der Waals surface area contributed by atoms with Gasteiger partial charge >= 0.3 is 0 Å². The van der Waals surface area contributed by atoms with Gasteiger partial charge in [-0.05, 0) is 48.1 Å². The lowest BCUT2D eigenvalue weighted by Gasteiger charge is -2.24. The molecular formula is C25H23FN4O2. The van der Waals surface area contributed by atoms with Gasteiger partial charge in [0.25, 0.3) is 0 Å². The Labute approximate surface area is 184 Å². The van der Waals surface area contributed by atoms with E-state index in [4.69, 9.17) is 0 Å². The van der Waals surface area contributed by atoms with Crippen LogP contribution in [0, 0.1) is 17.7 Å². The molecule has 0 saturated heterocycles. The molecule has 162 valence electrons. The summed E-state index contributed by atoms with van der Waals surface area (Å²) in [5.41, 5.74) is 2.66. The van der Waals surface area contributed by atoms with Crippen molar-refractivity contribution < 1.29 is 14.6 Å². The van der Waals surface area contributed by atoms with Gasteiger partial charge < -0.3 is 20.1 Å². The molecule has 2 aromatic carbocycles. The van der Waals surface area contributed by atoms with Gasteiger partial charge in [-0.1, -0.05) is 37.3 Å². The molecule has 2 fully saturated rings. The number of aliphatic hydroxyl groups is 2. The molecule has 2 heterocycles. The fourth-order valence-corrected chi connectivity index (χ4v) is 5.50. The minimum Gasteiger partial charge on any atom is -0.390 e. The quantitative estimate of drug-likeness (QED) is 0.455. The summed E-state index contributed by atoms with van der Waals surface area (Å²) in [6.45, 7) is 1.98. The number of aliphatic hydroxyl groups excluding tert-OH is 2. The van der Waals surface area contributed by atoms with Gasteiger partial charge in [-0.15, -0.1) is 0 Å². The van der Waals surface area contributed by atoms with Crippen LogP contribution in [0.1, 0.15) is 13.3 Å². The molecule has 2 saturated carbocycles. The number of fused-ring (bicyclic) bond motifs is 2. The third-order valence-electron chi connectivity index (χ3n) is 7.26. The highest BCUT2D eigenvalue weighted by atomic mass is 19.1. The standard InChI is InChI=1S/C25H23FN4O2/c1-14-19-11-25(19,22(32)21(14)31)30-12-18(15-7-9-16(26)10-8-15)20-23(27-13-28-24(20)30)29-17-5-3-2-4-6-17/h2-10,12-14,19,21-22,31-32H,11H2,1H3,(H,27,28,29)/t14-,19?,21-,22-,25+/m0/s1. The molecule has 1 unspecified atom stereocenters. The van der Waals surface area contributed by atoms with E-state index in [0.717, 1.165) is 28.6 Å². The summed E-state index contributed by atoms with van der Waals surface area (Å²) in [7, 11) is 0. The van der Waals surface area contributed by atoms with Crippen molar-refractivity contribution in [1.29, 1.82) is 0 Å². The maximum absolute atomic E-state index is 13.6. The largest absolute Gasteiger partial charge is 0.390 e. The zero-order chi connectivity index (χ0) is 22.0. The zero-order valence-electron chi connectivity index (χ0n) is 17.5. The normalized spacial score (nSPS) is 28.6. The van der Waals surface area contributed by atoms with E-state index in [1.165, 1.54) is 18.5 Å². The molecule has 0 aliphatic heterocycles. The third kappa shape index (κ3) is 2.64. The first-order valence-electron chi connectivity index (χ1n) is 10.8. The molecule has 7 heteroatoms. The molecule has 2 aromatic heterocycles. The van der Waals surface area contributed by atoms with E-state index in [0.29, 0.717) is 11.5 Å². The number of benzene rings is 2. The van der Waals surface area contributed by atoms with Crippen LogP contribution in [0.5, 0.6) is 0 Å². The minimum absolute atomic E-state index is 0.000438. The summed E-state index contributed by atoms with van der Waals surface area (Å²) in [4.78, 5) is 9.10. The lowest BCUT2D eigenvalue weighted by atomic mass is 10.0. The first-order valence-corrected chi connectivity index (χ1v) is 10.8. The van der Waals surface area contributed by atoms with Gasteiger partial charge in [-0.2, -0.15) is 0 Å². The van der Waals surface area contributed by atoms with Crippen LogP contribution in [0.25, 0.3) is 22.2 Å². The summed E-state index contributed by atoms with van der Waals surface area (Å²) < 4.78 is 15.7. The van der Waals surface area contributed by atoms with Crippen LogP contribution in [-0.2, 0) is 5.54 Å². The van der Waals surface area contributed by atoms with Gasteiger partial charge in [0.2, 0.25) is 0 Å². The van der Waals surface area contributed by atoms with Crippen LogP contribution < -0.4 is 5.32 Å². The number of anilines is 2. The van der Waals surface area contributed by atoms with Crippen LogP contribution in [0.2, 0.25) is 0 Å². The van der Waals surface area contributed by atoms with Crippen molar-refractivity contribution in [2.75, 3.05) is 5.32 Å². The monoisotopic (exact) mass is 430 g/mol. The highest BCUT2D eigenvalue weighted by Crippen LogP contribution is 2.65. The van der Waals surface area contributed by atoms with Crippen molar-refractivity contribution in [2.45, 2.75) is 31.1 Å². The minimum atomic E-state index is -0.875. The summed E-state index contributed by atoms with van der Waals surface area (Å²) in [5.74, 6) is 0.500. The van der Waals surface area contributed by atoms with Crippen LogP contribution >= 0.6 is 0 Å². The van der Waals surface area contributed by atoms with E-state index in [1.807, 2.05) is 48.0 Å². The van der Waals surface area contributed by atoms with Gasteiger partial charge in [0.15, 0.2) is 0 Å². The van der Waals surface area contributed by atoms with Gasteiger partial charge in [-0.3, -0.25) is 0 Å². The molecule has 6 rings (SSSR count).